The standard InChI is InChI=1S/C26H28N5O15P3/c27-24-21-25(29-14-28-24)31(15-30-21)26-23(44-20(33)12-17-9-5-2-6-10-17)22(43-19(32)11-16-7-3-1-4-8-16)18(42-26)13-41-48(37,38)46-49(39,40)45-47(34,35)36/h1-10,14-15,18,22-23,26H,11-13H2,(H,37,38)(H,39,40)(H2,27,28,29)(H2,34,35,36)/t18-,22-,23-,26+/m1/s1. The van der Waals surface area contributed by atoms with Crippen LogP contribution in [0.3, 0.4) is 0 Å². The third kappa shape index (κ3) is 9.85. The zero-order chi connectivity index (χ0) is 35.4. The van der Waals surface area contributed by atoms with Crippen molar-refractivity contribution in [3.8, 4) is 0 Å². The molecule has 0 spiro atoms. The quantitative estimate of drug-likeness (QED) is 0.0911. The van der Waals surface area contributed by atoms with Crippen LogP contribution >= 0.6 is 23.5 Å². The van der Waals surface area contributed by atoms with Crippen molar-refractivity contribution in [2.75, 3.05) is 12.3 Å². The van der Waals surface area contributed by atoms with Crippen LogP contribution < -0.4 is 5.73 Å². The summed E-state index contributed by atoms with van der Waals surface area (Å²) in [7, 11) is -17.2. The second-order valence-electron chi connectivity index (χ2n) is 10.3. The third-order valence-electron chi connectivity index (χ3n) is 6.68. The molecule has 262 valence electrons. The van der Waals surface area contributed by atoms with Crippen molar-refractivity contribution in [1.29, 1.82) is 0 Å². The van der Waals surface area contributed by atoms with E-state index in [0.717, 1.165) is 6.33 Å². The lowest BCUT2D eigenvalue weighted by Crippen LogP contribution is -2.41. The Labute approximate surface area is 276 Å². The van der Waals surface area contributed by atoms with E-state index in [0.29, 0.717) is 11.1 Å². The van der Waals surface area contributed by atoms with Gasteiger partial charge in [0.2, 0.25) is 0 Å². The Bertz CT molecular complexity index is 1940. The number of nitrogens with zero attached hydrogens (tertiary/aromatic N) is 4. The number of carbonyl (C=O) groups excluding carboxylic acids is 2. The van der Waals surface area contributed by atoms with Gasteiger partial charge in [-0.3, -0.25) is 18.7 Å². The van der Waals surface area contributed by atoms with E-state index in [1.54, 1.807) is 60.7 Å². The maximum absolute atomic E-state index is 13.3. The van der Waals surface area contributed by atoms with Gasteiger partial charge in [0.05, 0.1) is 25.8 Å². The Morgan fingerprint density at radius 1 is 0.796 bits per heavy atom. The van der Waals surface area contributed by atoms with Gasteiger partial charge in [-0.15, -0.1) is 0 Å². The monoisotopic (exact) mass is 743 g/mol. The van der Waals surface area contributed by atoms with E-state index in [1.165, 1.54) is 10.9 Å². The number of nitrogens with two attached hydrogens (primary N) is 1. The summed E-state index contributed by atoms with van der Waals surface area (Å²) >= 11 is 0. The van der Waals surface area contributed by atoms with E-state index in [1.807, 2.05) is 0 Å². The van der Waals surface area contributed by atoms with Gasteiger partial charge in [0.15, 0.2) is 29.9 Å². The number of esters is 2. The van der Waals surface area contributed by atoms with Gasteiger partial charge in [0, 0.05) is 0 Å². The number of anilines is 1. The van der Waals surface area contributed by atoms with E-state index < -0.39 is 66.6 Å². The van der Waals surface area contributed by atoms with Crippen LogP contribution in [0, 0.1) is 0 Å². The minimum absolute atomic E-state index is 0.00517. The van der Waals surface area contributed by atoms with Gasteiger partial charge in [0.25, 0.3) is 0 Å². The maximum atomic E-state index is 13.3. The summed E-state index contributed by atoms with van der Waals surface area (Å²) < 4.78 is 66.7. The fraction of sp³-hybridized carbons (Fsp3) is 0.269. The molecule has 4 aromatic rings. The highest BCUT2D eigenvalue weighted by Gasteiger charge is 2.52. The van der Waals surface area contributed by atoms with Crippen LogP contribution in [-0.2, 0) is 63.5 Å². The fourth-order valence-corrected chi connectivity index (χ4v) is 7.80. The molecule has 2 aromatic carbocycles. The molecule has 20 nitrogen and oxygen atoms in total. The number of rotatable bonds is 14. The average molecular weight is 743 g/mol. The Hall–Kier alpha value is -3.90. The van der Waals surface area contributed by atoms with E-state index in [9.17, 15) is 33.1 Å². The zero-order valence-electron chi connectivity index (χ0n) is 24.8. The van der Waals surface area contributed by atoms with Crippen molar-refractivity contribution >= 4 is 52.4 Å². The molecule has 0 saturated carbocycles. The van der Waals surface area contributed by atoms with Gasteiger partial charge in [-0.25, -0.2) is 28.6 Å². The van der Waals surface area contributed by atoms with Crippen molar-refractivity contribution < 1.29 is 70.2 Å². The number of phosphoric ester groups is 1. The Kier molecular flexibility index (Phi) is 11.1. The molecule has 1 saturated heterocycles. The van der Waals surface area contributed by atoms with Crippen molar-refractivity contribution in [2.24, 2.45) is 0 Å². The first-order valence-corrected chi connectivity index (χ1v) is 18.4. The van der Waals surface area contributed by atoms with Crippen LogP contribution in [0.4, 0.5) is 5.82 Å². The summed E-state index contributed by atoms with van der Waals surface area (Å²) in [4.78, 5) is 76.0. The number of carbonyl (C=O) groups is 2. The second-order valence-corrected chi connectivity index (χ2v) is 14.7. The summed E-state index contributed by atoms with van der Waals surface area (Å²) in [6, 6.07) is 16.9. The molecule has 3 heterocycles. The lowest BCUT2D eigenvalue weighted by atomic mass is 10.1. The van der Waals surface area contributed by atoms with Crippen LogP contribution in [0.15, 0.2) is 73.3 Å². The first-order chi connectivity index (χ1) is 23.1. The zero-order valence-corrected chi connectivity index (χ0v) is 27.5. The van der Waals surface area contributed by atoms with Crippen molar-refractivity contribution in [3.05, 3.63) is 84.4 Å². The van der Waals surface area contributed by atoms with Gasteiger partial charge in [-0.05, 0) is 11.1 Å². The molecule has 0 bridgehead atoms. The maximum Gasteiger partial charge on any atom is 0.490 e. The number of benzene rings is 2. The fourth-order valence-electron chi connectivity index (χ4n) is 4.77. The van der Waals surface area contributed by atoms with E-state index in [-0.39, 0.29) is 29.8 Å². The van der Waals surface area contributed by atoms with Gasteiger partial charge in [-0.1, -0.05) is 60.7 Å². The molecule has 0 amide bonds. The lowest BCUT2D eigenvalue weighted by Gasteiger charge is -2.25. The van der Waals surface area contributed by atoms with Gasteiger partial charge >= 0.3 is 35.4 Å². The van der Waals surface area contributed by atoms with Crippen molar-refractivity contribution in [2.45, 2.75) is 37.4 Å². The van der Waals surface area contributed by atoms with Crippen molar-refractivity contribution in [3.63, 3.8) is 0 Å². The van der Waals surface area contributed by atoms with Crippen LogP contribution in [0.2, 0.25) is 0 Å². The number of aromatic nitrogens is 4. The first-order valence-electron chi connectivity index (χ1n) is 13.9. The van der Waals surface area contributed by atoms with Crippen LogP contribution in [-0.4, -0.2) is 76.0 Å². The minimum Gasteiger partial charge on any atom is -0.455 e. The molecule has 5 rings (SSSR count). The van der Waals surface area contributed by atoms with Crippen LogP contribution in [0.5, 0.6) is 0 Å². The normalized spacial score (nSPS) is 21.9. The Morgan fingerprint density at radius 2 is 1.37 bits per heavy atom. The molecular formula is C26H28N5O15P3. The smallest absolute Gasteiger partial charge is 0.455 e. The van der Waals surface area contributed by atoms with Gasteiger partial charge < -0.3 is 39.5 Å². The molecule has 49 heavy (non-hydrogen) atoms. The topological polar surface area (TPSA) is 291 Å². The second kappa shape index (κ2) is 14.9. The summed E-state index contributed by atoms with van der Waals surface area (Å²) in [5.41, 5.74) is 7.30. The molecule has 23 heteroatoms. The summed E-state index contributed by atoms with van der Waals surface area (Å²) in [6.45, 7) is -1.04. The number of hydrogen-bond donors (Lipinski definition) is 5. The molecule has 6 atom stereocenters. The highest BCUT2D eigenvalue weighted by atomic mass is 31.3. The number of hydrogen-bond acceptors (Lipinski definition) is 15. The summed E-state index contributed by atoms with van der Waals surface area (Å²) in [5.74, 6) is -1.63. The molecule has 1 aliphatic rings. The SMILES string of the molecule is Nc1ncnc2c1ncn2[C@H]1O[C@H](COP(=O)(O)OP(=O)(O)OP(=O)(O)O)[C@@H](OC(=O)Cc2ccccc2)[C@H]1OC(=O)Cc1ccccc1. The number of phosphoric acid groups is 3. The molecule has 0 radical (unpaired) electrons. The highest BCUT2D eigenvalue weighted by Crippen LogP contribution is 2.66. The number of ether oxygens (including phenoxy) is 3. The highest BCUT2D eigenvalue weighted by molar-refractivity contribution is 7.66. The van der Waals surface area contributed by atoms with Crippen LogP contribution in [0.1, 0.15) is 17.4 Å². The lowest BCUT2D eigenvalue weighted by molar-refractivity contribution is -0.167. The molecule has 2 unspecified atom stereocenters. The van der Waals surface area contributed by atoms with Crippen LogP contribution in [0.25, 0.3) is 11.2 Å². The number of nitrogen functional groups attached to an aromatic ring is 1. The molecule has 2 aromatic heterocycles. The Morgan fingerprint density at radius 3 is 1.94 bits per heavy atom. The first kappa shape index (κ1) is 36.4. The van der Waals surface area contributed by atoms with Gasteiger partial charge in [-0.2, -0.15) is 8.62 Å². The molecule has 6 N–H and O–H groups in total. The molecular weight excluding hydrogens is 715 g/mol. The van der Waals surface area contributed by atoms with E-state index in [2.05, 4.69) is 23.6 Å². The third-order valence-corrected chi connectivity index (χ3v) is 10.5. The largest absolute Gasteiger partial charge is 0.490 e. The Balaban J connectivity index is 1.47. The number of fused-ring (bicyclic) bond motifs is 1. The molecule has 1 fully saturated rings. The summed E-state index contributed by atoms with van der Waals surface area (Å²) in [5, 5.41) is 0. The average Bonchev–Trinajstić information content (AvgIpc) is 3.57. The predicted octanol–water partition coefficient (Wildman–Crippen LogP) is 1.96. The predicted molar refractivity (Wildman–Crippen MR) is 164 cm³/mol. The van der Waals surface area contributed by atoms with Gasteiger partial charge in [0.1, 0.15) is 17.9 Å². The molecule has 1 aliphatic heterocycles. The van der Waals surface area contributed by atoms with Crippen molar-refractivity contribution in [1.82, 2.24) is 19.5 Å². The van der Waals surface area contributed by atoms with E-state index >= 15 is 0 Å². The molecule has 0 aliphatic carbocycles. The minimum atomic E-state index is -5.86. The number of imidazole rings is 1. The summed E-state index contributed by atoms with van der Waals surface area (Å²) in [6.07, 6.45) is -4.17. The van der Waals surface area contributed by atoms with E-state index in [4.69, 9.17) is 34.3 Å².